The molecule has 0 radical (unpaired) electrons. The van der Waals surface area contributed by atoms with Gasteiger partial charge in [-0.15, -0.1) is 0 Å². The van der Waals surface area contributed by atoms with Gasteiger partial charge in [0.2, 0.25) is 0 Å². The molecule has 4 nitrogen and oxygen atoms in total. The van der Waals surface area contributed by atoms with Crippen molar-refractivity contribution in [2.75, 3.05) is 5.32 Å². The number of carbonyl (C=O) groups excluding carboxylic acids is 1. The second kappa shape index (κ2) is 7.25. The molecular formula is C20H17BrClN3O. The first kappa shape index (κ1) is 17.3. The molecule has 26 heavy (non-hydrogen) atoms. The molecule has 0 saturated carbocycles. The Kier molecular flexibility index (Phi) is 4.83. The van der Waals surface area contributed by atoms with Crippen LogP contribution in [-0.4, -0.2) is 15.5 Å². The number of amides is 1. The molecule has 0 unspecified atom stereocenters. The number of benzene rings is 2. The third-order valence-electron chi connectivity index (χ3n) is 4.53. The van der Waals surface area contributed by atoms with Crippen molar-refractivity contribution >= 4 is 39.1 Å². The van der Waals surface area contributed by atoms with E-state index in [1.54, 1.807) is 12.1 Å². The highest BCUT2D eigenvalue weighted by Crippen LogP contribution is 2.30. The molecular weight excluding hydrogens is 414 g/mol. The van der Waals surface area contributed by atoms with Crippen LogP contribution in [0.15, 0.2) is 53.1 Å². The minimum atomic E-state index is -0.243. The number of nitrogens with zero attached hydrogens (tertiary/aromatic N) is 2. The molecule has 0 saturated heterocycles. The summed E-state index contributed by atoms with van der Waals surface area (Å²) >= 11 is 9.57. The summed E-state index contributed by atoms with van der Waals surface area (Å²) < 4.78 is 3.02. The van der Waals surface area contributed by atoms with E-state index in [4.69, 9.17) is 16.6 Å². The highest BCUT2D eigenvalue weighted by atomic mass is 79.9. The summed E-state index contributed by atoms with van der Waals surface area (Å²) in [6, 6.07) is 12.9. The summed E-state index contributed by atoms with van der Waals surface area (Å²) in [5, 5.41) is 3.40. The predicted molar refractivity (Wildman–Crippen MR) is 108 cm³/mol. The van der Waals surface area contributed by atoms with Gasteiger partial charge in [-0.1, -0.05) is 45.7 Å². The maximum absolute atomic E-state index is 12.7. The van der Waals surface area contributed by atoms with E-state index >= 15 is 0 Å². The van der Waals surface area contributed by atoms with Crippen LogP contribution in [-0.2, 0) is 13.0 Å². The third kappa shape index (κ3) is 3.41. The van der Waals surface area contributed by atoms with Crippen molar-refractivity contribution in [2.24, 2.45) is 0 Å². The topological polar surface area (TPSA) is 46.9 Å². The average Bonchev–Trinajstić information content (AvgIpc) is 3.08. The quantitative estimate of drug-likeness (QED) is 0.592. The number of aryl methyl sites for hydroxylation is 2. The molecule has 132 valence electrons. The van der Waals surface area contributed by atoms with Gasteiger partial charge in [0, 0.05) is 29.2 Å². The SMILES string of the molecule is O=C(Nc1ccccc1-c1cn2c(n1)CCCC2)c1cc(Br)ccc1Cl. The van der Waals surface area contributed by atoms with Crippen LogP contribution in [0.3, 0.4) is 0 Å². The molecule has 0 fully saturated rings. The minimum Gasteiger partial charge on any atom is -0.334 e. The molecule has 3 aromatic rings. The van der Waals surface area contributed by atoms with E-state index in [1.807, 2.05) is 30.3 Å². The van der Waals surface area contributed by atoms with E-state index in [9.17, 15) is 4.79 Å². The van der Waals surface area contributed by atoms with Gasteiger partial charge in [-0.2, -0.15) is 0 Å². The first-order valence-electron chi connectivity index (χ1n) is 8.53. The normalized spacial score (nSPS) is 13.3. The number of fused-ring (bicyclic) bond motifs is 1. The summed E-state index contributed by atoms with van der Waals surface area (Å²) in [6.45, 7) is 1.00. The Morgan fingerprint density at radius 3 is 2.88 bits per heavy atom. The molecule has 1 N–H and O–H groups in total. The Morgan fingerprint density at radius 1 is 1.19 bits per heavy atom. The van der Waals surface area contributed by atoms with Gasteiger partial charge in [0.25, 0.3) is 5.91 Å². The second-order valence-electron chi connectivity index (χ2n) is 6.32. The fourth-order valence-electron chi connectivity index (χ4n) is 3.22. The number of para-hydroxylation sites is 1. The van der Waals surface area contributed by atoms with Gasteiger partial charge in [0.05, 0.1) is 22.0 Å². The van der Waals surface area contributed by atoms with E-state index in [1.165, 1.54) is 12.8 Å². The van der Waals surface area contributed by atoms with E-state index in [0.717, 1.165) is 40.2 Å². The Bertz CT molecular complexity index is 959. The monoisotopic (exact) mass is 429 g/mol. The highest BCUT2D eigenvalue weighted by Gasteiger charge is 2.17. The zero-order valence-corrected chi connectivity index (χ0v) is 16.3. The number of carbonyl (C=O) groups is 1. The Morgan fingerprint density at radius 2 is 2.04 bits per heavy atom. The van der Waals surface area contributed by atoms with Crippen molar-refractivity contribution in [3.05, 3.63) is 69.5 Å². The Labute approximate surface area is 165 Å². The van der Waals surface area contributed by atoms with E-state index < -0.39 is 0 Å². The lowest BCUT2D eigenvalue weighted by atomic mass is 10.1. The first-order valence-corrected chi connectivity index (χ1v) is 9.71. The van der Waals surface area contributed by atoms with Crippen LogP contribution in [0.1, 0.15) is 29.0 Å². The lowest BCUT2D eigenvalue weighted by Gasteiger charge is -2.11. The molecule has 1 amide bonds. The van der Waals surface area contributed by atoms with Crippen LogP contribution in [0.4, 0.5) is 5.69 Å². The van der Waals surface area contributed by atoms with Gasteiger partial charge in [-0.3, -0.25) is 4.79 Å². The molecule has 2 aromatic carbocycles. The number of aromatic nitrogens is 2. The summed E-state index contributed by atoms with van der Waals surface area (Å²) in [7, 11) is 0. The summed E-state index contributed by atoms with van der Waals surface area (Å²) in [5.74, 6) is 0.870. The smallest absolute Gasteiger partial charge is 0.257 e. The minimum absolute atomic E-state index is 0.243. The van der Waals surface area contributed by atoms with Crippen LogP contribution < -0.4 is 5.32 Å². The number of hydrogen-bond donors (Lipinski definition) is 1. The number of hydrogen-bond acceptors (Lipinski definition) is 2. The van der Waals surface area contributed by atoms with Gasteiger partial charge in [0.1, 0.15) is 5.82 Å². The third-order valence-corrected chi connectivity index (χ3v) is 5.36. The van der Waals surface area contributed by atoms with Crippen LogP contribution in [0.5, 0.6) is 0 Å². The molecule has 6 heteroatoms. The van der Waals surface area contributed by atoms with Crippen molar-refractivity contribution < 1.29 is 4.79 Å². The number of rotatable bonds is 3. The highest BCUT2D eigenvalue weighted by molar-refractivity contribution is 9.10. The van der Waals surface area contributed by atoms with Crippen molar-refractivity contribution in [1.29, 1.82) is 0 Å². The first-order chi connectivity index (χ1) is 12.6. The summed E-state index contributed by atoms with van der Waals surface area (Å²) in [6.07, 6.45) is 5.44. The van der Waals surface area contributed by atoms with E-state index in [0.29, 0.717) is 10.6 Å². The fourth-order valence-corrected chi connectivity index (χ4v) is 3.78. The van der Waals surface area contributed by atoms with Gasteiger partial charge >= 0.3 is 0 Å². The van der Waals surface area contributed by atoms with Crippen molar-refractivity contribution in [2.45, 2.75) is 25.8 Å². The molecule has 0 spiro atoms. The number of imidazole rings is 1. The zero-order valence-electron chi connectivity index (χ0n) is 14.0. The number of nitrogens with one attached hydrogen (secondary N) is 1. The molecule has 1 aliphatic heterocycles. The van der Waals surface area contributed by atoms with E-state index in [2.05, 4.69) is 32.0 Å². The summed E-state index contributed by atoms with van der Waals surface area (Å²) in [4.78, 5) is 17.5. The van der Waals surface area contributed by atoms with E-state index in [-0.39, 0.29) is 5.91 Å². The Balaban J connectivity index is 1.67. The van der Waals surface area contributed by atoms with Gasteiger partial charge in [-0.25, -0.2) is 4.98 Å². The lowest BCUT2D eigenvalue weighted by molar-refractivity contribution is 0.102. The maximum Gasteiger partial charge on any atom is 0.257 e. The van der Waals surface area contributed by atoms with Gasteiger partial charge < -0.3 is 9.88 Å². The second-order valence-corrected chi connectivity index (χ2v) is 7.64. The Hall–Kier alpha value is -2.11. The number of halogens is 2. The van der Waals surface area contributed by atoms with Crippen molar-refractivity contribution in [1.82, 2.24) is 9.55 Å². The lowest BCUT2D eigenvalue weighted by Crippen LogP contribution is -2.13. The van der Waals surface area contributed by atoms with Crippen molar-refractivity contribution in [3.8, 4) is 11.3 Å². The van der Waals surface area contributed by atoms with Crippen LogP contribution in [0, 0.1) is 0 Å². The molecule has 1 aromatic heterocycles. The van der Waals surface area contributed by atoms with Crippen molar-refractivity contribution in [3.63, 3.8) is 0 Å². The molecule has 0 aliphatic carbocycles. The predicted octanol–water partition coefficient (Wildman–Crippen LogP) is 5.55. The largest absolute Gasteiger partial charge is 0.334 e. The maximum atomic E-state index is 12.7. The van der Waals surface area contributed by atoms with Gasteiger partial charge in [0.15, 0.2) is 0 Å². The van der Waals surface area contributed by atoms with Crippen LogP contribution >= 0.6 is 27.5 Å². The van der Waals surface area contributed by atoms with Crippen LogP contribution in [0.25, 0.3) is 11.3 Å². The molecule has 1 aliphatic rings. The molecule has 4 rings (SSSR count). The molecule has 2 heterocycles. The fraction of sp³-hybridized carbons (Fsp3) is 0.200. The molecule has 0 atom stereocenters. The zero-order chi connectivity index (χ0) is 18.1. The summed E-state index contributed by atoms with van der Waals surface area (Å²) in [5.41, 5.74) is 2.95. The standard InChI is InChI=1S/C20H17BrClN3O/c21-13-8-9-16(22)15(11-13)20(26)24-17-6-2-1-5-14(17)18-12-25-10-4-3-7-19(25)23-18/h1-2,5-6,8-9,11-12H,3-4,7,10H2,(H,24,26). The van der Waals surface area contributed by atoms with Gasteiger partial charge in [-0.05, 0) is 37.1 Å². The molecule has 0 bridgehead atoms. The average molecular weight is 431 g/mol. The number of anilines is 1. The van der Waals surface area contributed by atoms with Crippen LogP contribution in [0.2, 0.25) is 5.02 Å².